The van der Waals surface area contributed by atoms with Crippen molar-refractivity contribution in [1.29, 1.82) is 0 Å². The molecular formula is C15H23N3O3. The molecule has 6 nitrogen and oxygen atoms in total. The second kappa shape index (κ2) is 6.56. The number of benzene rings is 1. The average molecular weight is 293 g/mol. The first-order valence-electron chi connectivity index (χ1n) is 7.14. The van der Waals surface area contributed by atoms with Crippen LogP contribution in [0.25, 0.3) is 0 Å². The van der Waals surface area contributed by atoms with E-state index in [2.05, 4.69) is 10.5 Å². The highest BCUT2D eigenvalue weighted by atomic mass is 16.6. The van der Waals surface area contributed by atoms with E-state index >= 15 is 0 Å². The first-order valence-corrected chi connectivity index (χ1v) is 7.14. The molecule has 0 saturated carbocycles. The van der Waals surface area contributed by atoms with Gasteiger partial charge in [-0.1, -0.05) is 19.0 Å². The molecule has 0 radical (unpaired) electrons. The molecule has 6 heteroatoms. The minimum Gasteiger partial charge on any atom is -0.486 e. The Morgan fingerprint density at radius 2 is 2.05 bits per heavy atom. The van der Waals surface area contributed by atoms with Gasteiger partial charge in [-0.2, -0.15) is 0 Å². The average Bonchev–Trinajstić information content (AvgIpc) is 2.50. The van der Waals surface area contributed by atoms with Gasteiger partial charge >= 0.3 is 0 Å². The van der Waals surface area contributed by atoms with Crippen LogP contribution in [0.3, 0.4) is 0 Å². The maximum Gasteiger partial charge on any atom is 0.163 e. The van der Waals surface area contributed by atoms with E-state index in [0.29, 0.717) is 13.2 Å². The monoisotopic (exact) mass is 293 g/mol. The summed E-state index contributed by atoms with van der Waals surface area (Å²) < 4.78 is 11.0. The topological polar surface area (TPSA) is 89.1 Å². The van der Waals surface area contributed by atoms with Crippen molar-refractivity contribution < 1.29 is 14.7 Å². The third kappa shape index (κ3) is 3.93. The SMILES string of the molecule is CC(C)(CCCNc1ccc2c(c1)OCCO2)C(N)=NO. The maximum absolute atomic E-state index is 8.74. The molecule has 1 aromatic rings. The number of amidine groups is 1. The first kappa shape index (κ1) is 15.3. The second-order valence-corrected chi connectivity index (χ2v) is 5.76. The molecule has 1 aliphatic heterocycles. The van der Waals surface area contributed by atoms with Crippen molar-refractivity contribution >= 4 is 11.5 Å². The van der Waals surface area contributed by atoms with Crippen molar-refractivity contribution in [3.63, 3.8) is 0 Å². The first-order chi connectivity index (χ1) is 10.0. The Hall–Kier alpha value is -2.11. The molecule has 1 heterocycles. The van der Waals surface area contributed by atoms with Gasteiger partial charge in [-0.05, 0) is 25.0 Å². The van der Waals surface area contributed by atoms with E-state index in [1.54, 1.807) is 0 Å². The van der Waals surface area contributed by atoms with E-state index < -0.39 is 0 Å². The maximum atomic E-state index is 8.74. The van der Waals surface area contributed by atoms with Crippen LogP contribution in [0.1, 0.15) is 26.7 Å². The molecule has 4 N–H and O–H groups in total. The zero-order valence-electron chi connectivity index (χ0n) is 12.6. The summed E-state index contributed by atoms with van der Waals surface area (Å²) in [6.45, 7) is 5.92. The van der Waals surface area contributed by atoms with Crippen LogP contribution >= 0.6 is 0 Å². The van der Waals surface area contributed by atoms with Crippen LogP contribution in [0.5, 0.6) is 11.5 Å². The van der Waals surface area contributed by atoms with Crippen LogP contribution in [-0.2, 0) is 0 Å². The third-order valence-corrected chi connectivity index (χ3v) is 3.65. The summed E-state index contributed by atoms with van der Waals surface area (Å²) in [5.74, 6) is 1.84. The molecule has 0 spiro atoms. The minimum absolute atomic E-state index is 0.266. The van der Waals surface area contributed by atoms with Crippen LogP contribution in [0, 0.1) is 5.41 Å². The lowest BCUT2D eigenvalue weighted by atomic mass is 9.86. The highest BCUT2D eigenvalue weighted by molar-refractivity contribution is 5.85. The van der Waals surface area contributed by atoms with Gasteiger partial charge in [-0.15, -0.1) is 0 Å². The van der Waals surface area contributed by atoms with Gasteiger partial charge in [0.1, 0.15) is 19.0 Å². The number of rotatable bonds is 6. The van der Waals surface area contributed by atoms with Gasteiger partial charge in [0.05, 0.1) is 0 Å². The van der Waals surface area contributed by atoms with Gasteiger partial charge in [0, 0.05) is 23.7 Å². The van der Waals surface area contributed by atoms with E-state index in [4.69, 9.17) is 20.4 Å². The number of oxime groups is 1. The number of fused-ring (bicyclic) bond motifs is 1. The second-order valence-electron chi connectivity index (χ2n) is 5.76. The van der Waals surface area contributed by atoms with Gasteiger partial charge in [-0.3, -0.25) is 0 Å². The van der Waals surface area contributed by atoms with Gasteiger partial charge in [0.15, 0.2) is 11.5 Å². The molecule has 1 aliphatic rings. The zero-order chi connectivity index (χ0) is 15.3. The van der Waals surface area contributed by atoms with Crippen LogP contribution in [0.4, 0.5) is 5.69 Å². The van der Waals surface area contributed by atoms with Crippen LogP contribution in [-0.4, -0.2) is 30.8 Å². The summed E-state index contributed by atoms with van der Waals surface area (Å²) in [6, 6.07) is 5.84. The fraction of sp³-hybridized carbons (Fsp3) is 0.533. The van der Waals surface area contributed by atoms with Crippen molar-refractivity contribution in [3.8, 4) is 11.5 Å². The molecule has 0 aliphatic carbocycles. The van der Waals surface area contributed by atoms with E-state index in [9.17, 15) is 0 Å². The molecule has 0 fully saturated rings. The summed E-state index contributed by atoms with van der Waals surface area (Å²) >= 11 is 0. The summed E-state index contributed by atoms with van der Waals surface area (Å²) in [5.41, 5.74) is 6.37. The molecule has 2 rings (SSSR count). The van der Waals surface area contributed by atoms with E-state index in [0.717, 1.165) is 36.6 Å². The quantitative estimate of drug-likeness (QED) is 0.246. The lowest BCUT2D eigenvalue weighted by molar-refractivity contribution is 0.171. The van der Waals surface area contributed by atoms with Crippen LogP contribution in [0.2, 0.25) is 0 Å². The Bertz CT molecular complexity index is 515. The van der Waals surface area contributed by atoms with Crippen molar-refractivity contribution in [2.45, 2.75) is 26.7 Å². The smallest absolute Gasteiger partial charge is 0.163 e. The molecule has 0 bridgehead atoms. The van der Waals surface area contributed by atoms with E-state index in [1.807, 2.05) is 32.0 Å². The Morgan fingerprint density at radius 1 is 1.33 bits per heavy atom. The summed E-state index contributed by atoms with van der Waals surface area (Å²) in [4.78, 5) is 0. The zero-order valence-corrected chi connectivity index (χ0v) is 12.6. The summed E-state index contributed by atoms with van der Waals surface area (Å²) in [6.07, 6.45) is 1.75. The Balaban J connectivity index is 1.81. The number of nitrogens with one attached hydrogen (secondary N) is 1. The molecule has 0 aromatic heterocycles. The molecule has 0 saturated heterocycles. The lowest BCUT2D eigenvalue weighted by Crippen LogP contribution is -2.32. The van der Waals surface area contributed by atoms with Crippen LogP contribution in [0.15, 0.2) is 23.4 Å². The molecule has 116 valence electrons. The predicted octanol–water partition coefficient (Wildman–Crippen LogP) is 2.42. The molecule has 1 aromatic carbocycles. The van der Waals surface area contributed by atoms with Gasteiger partial charge in [0.2, 0.25) is 0 Å². The highest BCUT2D eigenvalue weighted by Gasteiger charge is 2.22. The Labute approximate surface area is 124 Å². The van der Waals surface area contributed by atoms with Gasteiger partial charge < -0.3 is 25.7 Å². The van der Waals surface area contributed by atoms with Crippen LogP contribution < -0.4 is 20.5 Å². The Morgan fingerprint density at radius 3 is 2.76 bits per heavy atom. The van der Waals surface area contributed by atoms with Crippen molar-refractivity contribution in [2.24, 2.45) is 16.3 Å². The number of nitrogens with two attached hydrogens (primary N) is 1. The standard InChI is InChI=1S/C15H23N3O3/c1-15(2,14(16)18-19)6-3-7-17-11-4-5-12-13(10-11)21-9-8-20-12/h4-5,10,17,19H,3,6-9H2,1-2H3,(H2,16,18). The number of hydrogen-bond donors (Lipinski definition) is 3. The number of anilines is 1. The number of nitrogens with zero attached hydrogens (tertiary/aromatic N) is 1. The lowest BCUT2D eigenvalue weighted by Gasteiger charge is -2.23. The van der Waals surface area contributed by atoms with Crippen molar-refractivity contribution in [1.82, 2.24) is 0 Å². The van der Waals surface area contributed by atoms with Gasteiger partial charge in [-0.25, -0.2) is 0 Å². The molecule has 0 amide bonds. The fourth-order valence-electron chi connectivity index (χ4n) is 2.18. The molecule has 0 unspecified atom stereocenters. The molecule has 21 heavy (non-hydrogen) atoms. The van der Waals surface area contributed by atoms with E-state index in [1.165, 1.54) is 0 Å². The number of ether oxygens (including phenoxy) is 2. The molecular weight excluding hydrogens is 270 g/mol. The van der Waals surface area contributed by atoms with E-state index in [-0.39, 0.29) is 11.3 Å². The molecule has 0 atom stereocenters. The number of hydrogen-bond acceptors (Lipinski definition) is 5. The fourth-order valence-corrected chi connectivity index (χ4v) is 2.18. The summed E-state index contributed by atoms with van der Waals surface area (Å²) in [7, 11) is 0. The Kier molecular flexibility index (Phi) is 4.77. The predicted molar refractivity (Wildman–Crippen MR) is 82.3 cm³/mol. The third-order valence-electron chi connectivity index (χ3n) is 3.65. The normalized spacial score (nSPS) is 14.9. The van der Waals surface area contributed by atoms with Gasteiger partial charge in [0.25, 0.3) is 0 Å². The van der Waals surface area contributed by atoms with Crippen molar-refractivity contribution in [2.75, 3.05) is 25.1 Å². The summed E-state index contributed by atoms with van der Waals surface area (Å²) in [5, 5.41) is 15.2. The highest BCUT2D eigenvalue weighted by Crippen LogP contribution is 2.32. The minimum atomic E-state index is -0.302. The van der Waals surface area contributed by atoms with Crippen molar-refractivity contribution in [3.05, 3.63) is 18.2 Å². The largest absolute Gasteiger partial charge is 0.486 e.